The van der Waals surface area contributed by atoms with Crippen LogP contribution in [0.3, 0.4) is 0 Å². The van der Waals surface area contributed by atoms with Crippen LogP contribution in [0.25, 0.3) is 22.2 Å². The number of hydrogen-bond acceptors (Lipinski definition) is 2. The molecular weight excluding hydrogens is 490 g/mol. The maximum atomic E-state index is 6.81. The fourth-order valence-electron chi connectivity index (χ4n) is 9.31. The standard InChI is InChI=1S/C37H40NO2/c1-19(2)22-12-15-29-25(17-22)34-35(40-29)24-14-13-23-31(33(24)36(34,5)6)28-16-21(4)30-20(3)10-9-11-27(30)38(28)37(7)26(18-39-8)32(23)37/h9-17,19,26,32,34-35H,18H2,1-8H3/q+1. The summed E-state index contributed by atoms with van der Waals surface area (Å²) in [4.78, 5) is 0. The first-order valence-corrected chi connectivity index (χ1v) is 15.0. The summed E-state index contributed by atoms with van der Waals surface area (Å²) in [5, 5.41) is 1.39. The molecule has 4 aliphatic rings. The number of aromatic nitrogens is 1. The molecule has 3 aromatic carbocycles. The van der Waals surface area contributed by atoms with E-state index in [9.17, 15) is 0 Å². The van der Waals surface area contributed by atoms with Crippen LogP contribution in [0, 0.1) is 19.8 Å². The van der Waals surface area contributed by atoms with Gasteiger partial charge in [0.1, 0.15) is 11.9 Å². The van der Waals surface area contributed by atoms with Crippen molar-refractivity contribution in [2.75, 3.05) is 13.7 Å². The van der Waals surface area contributed by atoms with Crippen LogP contribution in [0.2, 0.25) is 0 Å². The summed E-state index contributed by atoms with van der Waals surface area (Å²) in [5.41, 5.74) is 13.9. The fourth-order valence-corrected chi connectivity index (χ4v) is 9.31. The van der Waals surface area contributed by atoms with Gasteiger partial charge in [-0.15, -0.1) is 0 Å². The summed E-state index contributed by atoms with van der Waals surface area (Å²) in [6.45, 7) is 17.3. The summed E-state index contributed by atoms with van der Waals surface area (Å²) in [6.07, 6.45) is 0.0623. The van der Waals surface area contributed by atoms with Crippen LogP contribution in [-0.2, 0) is 15.7 Å². The van der Waals surface area contributed by atoms with Crippen LogP contribution >= 0.6 is 0 Å². The maximum Gasteiger partial charge on any atom is 0.214 e. The molecule has 40 heavy (non-hydrogen) atoms. The van der Waals surface area contributed by atoms with E-state index in [2.05, 4.69) is 108 Å². The Bertz CT molecular complexity index is 1760. The molecule has 0 saturated heterocycles. The molecule has 1 aromatic heterocycles. The number of pyridine rings is 1. The highest BCUT2D eigenvalue weighted by molar-refractivity contribution is 5.87. The van der Waals surface area contributed by atoms with Gasteiger partial charge in [0.2, 0.25) is 11.2 Å². The van der Waals surface area contributed by atoms with Gasteiger partial charge in [0.25, 0.3) is 0 Å². The molecule has 0 spiro atoms. The molecule has 0 bridgehead atoms. The van der Waals surface area contributed by atoms with Crippen LogP contribution in [0.4, 0.5) is 0 Å². The lowest BCUT2D eigenvalue weighted by Crippen LogP contribution is -2.52. The van der Waals surface area contributed by atoms with E-state index in [1.807, 2.05) is 7.11 Å². The molecule has 3 nitrogen and oxygen atoms in total. The first-order chi connectivity index (χ1) is 19.1. The van der Waals surface area contributed by atoms with Gasteiger partial charge in [0.15, 0.2) is 5.54 Å². The monoisotopic (exact) mass is 530 g/mol. The molecule has 5 unspecified atom stereocenters. The number of aryl methyl sites for hydroxylation is 2. The average Bonchev–Trinajstić information content (AvgIpc) is 3.22. The van der Waals surface area contributed by atoms with E-state index in [0.29, 0.717) is 23.7 Å². The predicted octanol–water partition coefficient (Wildman–Crippen LogP) is 8.13. The smallest absolute Gasteiger partial charge is 0.214 e. The van der Waals surface area contributed by atoms with E-state index >= 15 is 0 Å². The Hall–Kier alpha value is -3.17. The van der Waals surface area contributed by atoms with E-state index in [1.165, 1.54) is 61.1 Å². The zero-order valence-corrected chi connectivity index (χ0v) is 25.1. The quantitative estimate of drug-likeness (QED) is 0.250. The van der Waals surface area contributed by atoms with Gasteiger partial charge in [-0.05, 0) is 59.2 Å². The SMILES string of the molecule is COCC1C2c3ccc4c(c3-c3cc(C)c5c(C)cccc5[n+]3C12C)C(C)(C)C1c2cc(C(C)C)ccc2OC41. The van der Waals surface area contributed by atoms with Crippen LogP contribution < -0.4 is 9.30 Å². The van der Waals surface area contributed by atoms with Crippen molar-refractivity contribution in [3.63, 3.8) is 0 Å². The third kappa shape index (κ3) is 2.78. The second-order valence-electron chi connectivity index (χ2n) is 14.0. The predicted molar refractivity (Wildman–Crippen MR) is 160 cm³/mol. The zero-order valence-electron chi connectivity index (χ0n) is 25.1. The number of methoxy groups -OCH3 is 1. The molecule has 2 aliphatic carbocycles. The normalized spacial score (nSPS) is 27.9. The molecule has 1 saturated carbocycles. The number of ether oxygens (including phenoxy) is 2. The van der Waals surface area contributed by atoms with E-state index in [4.69, 9.17) is 9.47 Å². The van der Waals surface area contributed by atoms with E-state index in [0.717, 1.165) is 12.4 Å². The van der Waals surface area contributed by atoms with E-state index in [-0.39, 0.29) is 17.1 Å². The Labute approximate surface area is 238 Å². The Morgan fingerprint density at radius 3 is 2.42 bits per heavy atom. The van der Waals surface area contributed by atoms with Crippen molar-refractivity contribution in [1.82, 2.24) is 0 Å². The molecule has 2 aliphatic heterocycles. The number of hydrogen-bond donors (Lipinski definition) is 0. The third-order valence-corrected chi connectivity index (χ3v) is 11.2. The first kappa shape index (κ1) is 24.6. The molecule has 8 rings (SSSR count). The van der Waals surface area contributed by atoms with Crippen molar-refractivity contribution in [1.29, 1.82) is 0 Å². The molecule has 0 amide bonds. The largest absolute Gasteiger partial charge is 0.485 e. The lowest BCUT2D eigenvalue weighted by atomic mass is 9.71. The molecule has 204 valence electrons. The number of fused-ring (bicyclic) bond motifs is 14. The fraction of sp³-hybridized carbons (Fsp3) is 0.432. The van der Waals surface area contributed by atoms with Crippen molar-refractivity contribution >= 4 is 10.9 Å². The Balaban J connectivity index is 1.42. The number of nitrogens with zero attached hydrogens (tertiary/aromatic N) is 1. The Morgan fingerprint density at radius 1 is 0.900 bits per heavy atom. The Morgan fingerprint density at radius 2 is 1.68 bits per heavy atom. The van der Waals surface area contributed by atoms with Crippen molar-refractivity contribution in [3.05, 3.63) is 93.5 Å². The summed E-state index contributed by atoms with van der Waals surface area (Å²) in [6, 6.07) is 21.0. The summed E-state index contributed by atoms with van der Waals surface area (Å²) in [7, 11) is 1.85. The minimum Gasteiger partial charge on any atom is -0.485 e. The molecule has 3 heteroatoms. The summed E-state index contributed by atoms with van der Waals surface area (Å²) < 4.78 is 15.4. The molecule has 3 heterocycles. The average molecular weight is 531 g/mol. The molecule has 1 fully saturated rings. The van der Waals surface area contributed by atoms with Crippen LogP contribution in [0.1, 0.15) is 97.4 Å². The lowest BCUT2D eigenvalue weighted by Gasteiger charge is -2.31. The summed E-state index contributed by atoms with van der Waals surface area (Å²) >= 11 is 0. The van der Waals surface area contributed by atoms with Crippen LogP contribution in [0.5, 0.6) is 5.75 Å². The van der Waals surface area contributed by atoms with Crippen LogP contribution in [0.15, 0.2) is 54.6 Å². The van der Waals surface area contributed by atoms with Gasteiger partial charge in [-0.3, -0.25) is 0 Å². The highest BCUT2D eigenvalue weighted by Crippen LogP contribution is 2.69. The van der Waals surface area contributed by atoms with Crippen molar-refractivity contribution in [2.24, 2.45) is 5.92 Å². The second kappa shape index (κ2) is 7.76. The van der Waals surface area contributed by atoms with Crippen molar-refractivity contribution in [2.45, 2.75) is 83.3 Å². The Kier molecular flexibility index (Phi) is 4.78. The van der Waals surface area contributed by atoms with Crippen molar-refractivity contribution < 1.29 is 14.0 Å². The molecule has 5 atom stereocenters. The first-order valence-electron chi connectivity index (χ1n) is 15.0. The molecule has 0 N–H and O–H groups in total. The van der Waals surface area contributed by atoms with Crippen molar-refractivity contribution in [3.8, 4) is 17.0 Å². The topological polar surface area (TPSA) is 22.3 Å². The minimum atomic E-state index is -0.0706. The van der Waals surface area contributed by atoms with Gasteiger partial charge >= 0.3 is 0 Å². The highest BCUT2D eigenvalue weighted by atomic mass is 16.5. The lowest BCUT2D eigenvalue weighted by molar-refractivity contribution is -0.707. The van der Waals surface area contributed by atoms with Gasteiger partial charge in [-0.1, -0.05) is 64.1 Å². The third-order valence-electron chi connectivity index (χ3n) is 11.2. The second-order valence-corrected chi connectivity index (χ2v) is 14.0. The van der Waals surface area contributed by atoms with Gasteiger partial charge in [-0.2, -0.15) is 4.57 Å². The van der Waals surface area contributed by atoms with Gasteiger partial charge < -0.3 is 9.47 Å². The minimum absolute atomic E-state index is 0.000205. The zero-order chi connectivity index (χ0) is 27.9. The van der Waals surface area contributed by atoms with E-state index < -0.39 is 0 Å². The summed E-state index contributed by atoms with van der Waals surface area (Å²) in [5.74, 6) is 2.76. The maximum absolute atomic E-state index is 6.81. The van der Waals surface area contributed by atoms with E-state index in [1.54, 1.807) is 0 Å². The van der Waals surface area contributed by atoms with Crippen LogP contribution in [-0.4, -0.2) is 13.7 Å². The highest BCUT2D eigenvalue weighted by Gasteiger charge is 2.74. The van der Waals surface area contributed by atoms with Gasteiger partial charge in [-0.25, -0.2) is 0 Å². The molecule has 4 aromatic rings. The number of rotatable bonds is 3. The van der Waals surface area contributed by atoms with Gasteiger partial charge in [0, 0.05) is 43.1 Å². The molecular formula is C37H40NO2+. The number of benzene rings is 3. The van der Waals surface area contributed by atoms with Gasteiger partial charge in [0.05, 0.1) is 29.4 Å². The molecule has 0 radical (unpaired) electrons.